The van der Waals surface area contributed by atoms with Gasteiger partial charge in [0.25, 0.3) is 0 Å². The molecule has 3 rings (SSSR count). The summed E-state index contributed by atoms with van der Waals surface area (Å²) in [5.41, 5.74) is 3.18. The van der Waals surface area contributed by atoms with Crippen LogP contribution in [0.4, 0.5) is 4.79 Å². The van der Waals surface area contributed by atoms with Crippen LogP contribution in [0.15, 0.2) is 0 Å². The van der Waals surface area contributed by atoms with E-state index in [1.54, 1.807) is 5.01 Å². The fourth-order valence-electron chi connectivity index (χ4n) is 3.25. The fourth-order valence-corrected chi connectivity index (χ4v) is 3.25. The van der Waals surface area contributed by atoms with Gasteiger partial charge in [-0.05, 0) is 31.1 Å². The maximum atomic E-state index is 11.3. The van der Waals surface area contributed by atoms with Gasteiger partial charge in [-0.2, -0.15) is 0 Å². The van der Waals surface area contributed by atoms with Crippen LogP contribution in [0, 0.1) is 11.8 Å². The van der Waals surface area contributed by atoms with Crippen LogP contribution in [0.25, 0.3) is 0 Å². The van der Waals surface area contributed by atoms with Gasteiger partial charge in [0.1, 0.15) is 0 Å². The van der Waals surface area contributed by atoms with Crippen LogP contribution in [0.2, 0.25) is 0 Å². The Morgan fingerprint density at radius 3 is 2.92 bits per heavy atom. The molecular weight excluding hydrogens is 168 g/mol. The standard InChI is InChI=1S/C9H14N2O2/c1-13-9(12)11-8-6-3-2-5(4-6)7(8)10-11/h5-8,10H,2-4H2,1H3/t5-,6-,7+,8-/m1/s1. The summed E-state index contributed by atoms with van der Waals surface area (Å²) in [6.45, 7) is 0. The zero-order valence-corrected chi connectivity index (χ0v) is 7.69. The molecule has 0 spiro atoms. The second kappa shape index (κ2) is 2.38. The van der Waals surface area contributed by atoms with Gasteiger partial charge in [-0.15, -0.1) is 0 Å². The third-order valence-corrected chi connectivity index (χ3v) is 3.83. The highest BCUT2D eigenvalue weighted by molar-refractivity contribution is 5.68. The Morgan fingerprint density at radius 2 is 2.23 bits per heavy atom. The molecule has 1 heterocycles. The normalized spacial score (nSPS) is 45.8. The molecule has 72 valence electrons. The Labute approximate surface area is 77.2 Å². The Balaban J connectivity index is 1.75. The Kier molecular flexibility index (Phi) is 1.39. The Morgan fingerprint density at radius 1 is 1.46 bits per heavy atom. The highest BCUT2D eigenvalue weighted by Crippen LogP contribution is 2.50. The van der Waals surface area contributed by atoms with Gasteiger partial charge >= 0.3 is 6.09 Å². The zero-order valence-electron chi connectivity index (χ0n) is 7.69. The van der Waals surface area contributed by atoms with Crippen LogP contribution >= 0.6 is 0 Å². The minimum atomic E-state index is -0.228. The van der Waals surface area contributed by atoms with Gasteiger partial charge in [0.05, 0.1) is 19.2 Å². The quantitative estimate of drug-likeness (QED) is 0.600. The van der Waals surface area contributed by atoms with E-state index < -0.39 is 0 Å². The maximum Gasteiger partial charge on any atom is 0.424 e. The minimum Gasteiger partial charge on any atom is -0.452 e. The monoisotopic (exact) mass is 182 g/mol. The largest absolute Gasteiger partial charge is 0.452 e. The molecule has 1 saturated heterocycles. The summed E-state index contributed by atoms with van der Waals surface area (Å²) in [6.07, 6.45) is 3.71. The lowest BCUT2D eigenvalue weighted by Crippen LogP contribution is -2.72. The van der Waals surface area contributed by atoms with Crippen LogP contribution < -0.4 is 5.43 Å². The number of methoxy groups -OCH3 is 1. The summed E-state index contributed by atoms with van der Waals surface area (Å²) in [5.74, 6) is 1.55. The summed E-state index contributed by atoms with van der Waals surface area (Å²) in [7, 11) is 1.44. The Hall–Kier alpha value is -0.770. The number of amides is 1. The average Bonchev–Trinajstić information content (AvgIpc) is 2.59. The van der Waals surface area contributed by atoms with Gasteiger partial charge in [-0.3, -0.25) is 0 Å². The molecule has 1 N–H and O–H groups in total. The van der Waals surface area contributed by atoms with Gasteiger partial charge in [0.15, 0.2) is 0 Å². The predicted octanol–water partition coefficient (Wildman–Crippen LogP) is 0.740. The number of hydrogen-bond donors (Lipinski definition) is 1. The maximum absolute atomic E-state index is 11.3. The van der Waals surface area contributed by atoms with E-state index >= 15 is 0 Å². The molecule has 3 aliphatic rings. The summed E-state index contributed by atoms with van der Waals surface area (Å²) >= 11 is 0. The van der Waals surface area contributed by atoms with Crippen molar-refractivity contribution in [2.24, 2.45) is 11.8 Å². The first-order valence-corrected chi connectivity index (χ1v) is 4.94. The molecule has 0 unspecified atom stereocenters. The van der Waals surface area contributed by atoms with E-state index in [2.05, 4.69) is 5.43 Å². The van der Waals surface area contributed by atoms with Crippen molar-refractivity contribution in [3.05, 3.63) is 0 Å². The first kappa shape index (κ1) is 7.62. The number of nitrogens with one attached hydrogen (secondary N) is 1. The van der Waals surface area contributed by atoms with Crippen LogP contribution in [-0.4, -0.2) is 30.3 Å². The third kappa shape index (κ3) is 0.817. The van der Waals surface area contributed by atoms with Crippen LogP contribution in [0.3, 0.4) is 0 Å². The molecule has 4 atom stereocenters. The molecule has 4 nitrogen and oxygen atoms in total. The number of hydrazine groups is 1. The fraction of sp³-hybridized carbons (Fsp3) is 0.889. The number of carbonyl (C=O) groups excluding carboxylic acids is 1. The second-order valence-electron chi connectivity index (χ2n) is 4.32. The first-order valence-electron chi connectivity index (χ1n) is 4.94. The molecule has 1 aliphatic heterocycles. The molecular formula is C9H14N2O2. The van der Waals surface area contributed by atoms with E-state index in [4.69, 9.17) is 4.74 Å². The Bertz CT molecular complexity index is 254. The molecule has 2 aliphatic carbocycles. The highest BCUT2D eigenvalue weighted by Gasteiger charge is 2.58. The smallest absolute Gasteiger partial charge is 0.424 e. The lowest BCUT2D eigenvalue weighted by atomic mass is 9.87. The van der Waals surface area contributed by atoms with Gasteiger partial charge in [-0.25, -0.2) is 15.2 Å². The van der Waals surface area contributed by atoms with Crippen molar-refractivity contribution in [2.75, 3.05) is 7.11 Å². The number of carbonyl (C=O) groups is 1. The van der Waals surface area contributed by atoms with E-state index in [0.717, 1.165) is 11.8 Å². The van der Waals surface area contributed by atoms with Crippen molar-refractivity contribution < 1.29 is 9.53 Å². The number of nitrogens with zero attached hydrogens (tertiary/aromatic N) is 1. The first-order chi connectivity index (χ1) is 6.31. The summed E-state index contributed by atoms with van der Waals surface area (Å²) < 4.78 is 4.69. The van der Waals surface area contributed by atoms with E-state index in [1.807, 2.05) is 0 Å². The molecule has 0 aromatic heterocycles. The number of hydrogen-bond acceptors (Lipinski definition) is 3. The van der Waals surface area contributed by atoms with Crippen molar-refractivity contribution in [3.8, 4) is 0 Å². The van der Waals surface area contributed by atoms with Crippen molar-refractivity contribution >= 4 is 6.09 Å². The predicted molar refractivity (Wildman–Crippen MR) is 45.8 cm³/mol. The number of ether oxygens (including phenoxy) is 1. The lowest BCUT2D eigenvalue weighted by Gasteiger charge is -2.49. The average molecular weight is 182 g/mol. The van der Waals surface area contributed by atoms with Crippen molar-refractivity contribution in [1.82, 2.24) is 10.4 Å². The molecule has 13 heavy (non-hydrogen) atoms. The van der Waals surface area contributed by atoms with Gasteiger partial charge in [-0.1, -0.05) is 0 Å². The third-order valence-electron chi connectivity index (χ3n) is 3.83. The molecule has 3 fully saturated rings. The molecule has 2 bridgehead atoms. The molecule has 0 aromatic carbocycles. The summed E-state index contributed by atoms with van der Waals surface area (Å²) in [6, 6.07) is 1.00. The van der Waals surface area contributed by atoms with Gasteiger partial charge < -0.3 is 4.74 Å². The van der Waals surface area contributed by atoms with E-state index in [1.165, 1.54) is 26.4 Å². The summed E-state index contributed by atoms with van der Waals surface area (Å²) in [4.78, 5) is 11.3. The highest BCUT2D eigenvalue weighted by atomic mass is 16.5. The van der Waals surface area contributed by atoms with E-state index in [9.17, 15) is 4.79 Å². The zero-order chi connectivity index (χ0) is 9.00. The number of rotatable bonds is 0. The SMILES string of the molecule is COC(=O)N1N[C@H]2[C@@H]3CC[C@H](C3)[C@H]21. The molecule has 4 heteroatoms. The van der Waals surface area contributed by atoms with Crippen molar-refractivity contribution in [1.29, 1.82) is 0 Å². The molecule has 0 aromatic rings. The molecule has 0 radical (unpaired) electrons. The topological polar surface area (TPSA) is 41.6 Å². The van der Waals surface area contributed by atoms with Gasteiger partial charge in [0.2, 0.25) is 0 Å². The van der Waals surface area contributed by atoms with Crippen LogP contribution in [-0.2, 0) is 4.74 Å². The second-order valence-corrected chi connectivity index (χ2v) is 4.32. The van der Waals surface area contributed by atoms with E-state index in [-0.39, 0.29) is 6.09 Å². The molecule has 2 saturated carbocycles. The van der Waals surface area contributed by atoms with Crippen LogP contribution in [0.1, 0.15) is 19.3 Å². The number of fused-ring (bicyclic) bond motifs is 5. The molecule has 1 amide bonds. The summed E-state index contributed by atoms with van der Waals surface area (Å²) in [5, 5.41) is 1.68. The van der Waals surface area contributed by atoms with Gasteiger partial charge in [0, 0.05) is 0 Å². The lowest BCUT2D eigenvalue weighted by molar-refractivity contribution is -0.0455. The minimum absolute atomic E-state index is 0.228. The van der Waals surface area contributed by atoms with Crippen LogP contribution in [0.5, 0.6) is 0 Å². The van der Waals surface area contributed by atoms with Crippen molar-refractivity contribution in [2.45, 2.75) is 31.3 Å². The van der Waals surface area contributed by atoms with Crippen molar-refractivity contribution in [3.63, 3.8) is 0 Å². The van der Waals surface area contributed by atoms with E-state index in [0.29, 0.717) is 12.1 Å².